The van der Waals surface area contributed by atoms with Crippen LogP contribution in [0.5, 0.6) is 11.5 Å². The Labute approximate surface area is 236 Å². The van der Waals surface area contributed by atoms with Gasteiger partial charge in [-0.3, -0.25) is 14.5 Å². The first-order valence-electron chi connectivity index (χ1n) is 13.8. The molecule has 10 heteroatoms. The predicted molar refractivity (Wildman–Crippen MR) is 145 cm³/mol. The molecule has 2 aromatic rings. The average molecular weight is 571 g/mol. The third-order valence-corrected chi connectivity index (χ3v) is 9.69. The molecule has 0 radical (unpaired) electrons. The van der Waals surface area contributed by atoms with Crippen molar-refractivity contribution in [1.29, 1.82) is 0 Å². The number of amides is 1. The van der Waals surface area contributed by atoms with Crippen molar-refractivity contribution < 1.29 is 37.0 Å². The number of halogens is 3. The smallest absolute Gasteiger partial charge is 0.416 e. The van der Waals surface area contributed by atoms with Crippen LogP contribution in [0.2, 0.25) is 0 Å². The fraction of sp³-hybridized carbons (Fsp3) is 0.484. The predicted octanol–water partition coefficient (Wildman–Crippen LogP) is 4.61. The number of carbonyl (C=O) groups excluding carboxylic acids is 2. The largest absolute Gasteiger partial charge is 0.493 e. The van der Waals surface area contributed by atoms with Crippen molar-refractivity contribution >= 4 is 18.0 Å². The summed E-state index contributed by atoms with van der Waals surface area (Å²) in [6.45, 7) is 2.23. The number of nitrogens with zero attached hydrogens (tertiary/aromatic N) is 2. The van der Waals surface area contributed by atoms with Gasteiger partial charge in [0.15, 0.2) is 11.5 Å². The standard InChI is InChI=1S/C31H33F3N2O5/c1-18(37)41-30-14-13-22(36(3)25(38)12-7-19-5-9-21(10-6-19)31(32,33)34)28-29(30)15-16-35(2)24(30)17-20-8-11-23(39-4)27(40-28)26(20)29/h5-12,22,24,28H,13-17H2,1-4H3/b12-7+/t22?,24-,28?,29+,30-/m1/s1. The molecular weight excluding hydrogens is 537 g/mol. The van der Waals surface area contributed by atoms with Crippen LogP contribution in [0.4, 0.5) is 13.2 Å². The van der Waals surface area contributed by atoms with Crippen molar-refractivity contribution in [3.63, 3.8) is 0 Å². The molecule has 2 bridgehead atoms. The van der Waals surface area contributed by atoms with Gasteiger partial charge in [-0.2, -0.15) is 13.2 Å². The van der Waals surface area contributed by atoms with Gasteiger partial charge in [-0.1, -0.05) is 18.2 Å². The molecule has 2 unspecified atom stereocenters. The van der Waals surface area contributed by atoms with Gasteiger partial charge < -0.3 is 19.1 Å². The van der Waals surface area contributed by atoms with E-state index in [-0.39, 0.29) is 24.0 Å². The number of piperidine rings is 1. The molecule has 1 saturated carbocycles. The number of rotatable bonds is 5. The highest BCUT2D eigenvalue weighted by atomic mass is 19.4. The van der Waals surface area contributed by atoms with Crippen LogP contribution in [0.1, 0.15) is 48.4 Å². The highest BCUT2D eigenvalue weighted by Gasteiger charge is 2.75. The van der Waals surface area contributed by atoms with E-state index in [1.54, 1.807) is 19.1 Å². The summed E-state index contributed by atoms with van der Waals surface area (Å²) in [5.74, 6) is 0.628. The van der Waals surface area contributed by atoms with Crippen molar-refractivity contribution in [3.8, 4) is 11.5 Å². The highest BCUT2D eigenvalue weighted by Crippen LogP contribution is 2.67. The summed E-state index contributed by atoms with van der Waals surface area (Å²) in [6, 6.07) is 8.27. The zero-order valence-electron chi connectivity index (χ0n) is 23.5. The Morgan fingerprint density at radius 2 is 1.88 bits per heavy atom. The van der Waals surface area contributed by atoms with Crippen LogP contribution in [0, 0.1) is 0 Å². The second kappa shape index (κ2) is 9.51. The van der Waals surface area contributed by atoms with Crippen LogP contribution >= 0.6 is 0 Å². The quantitative estimate of drug-likeness (QED) is 0.387. The second-order valence-corrected chi connectivity index (χ2v) is 11.6. The van der Waals surface area contributed by atoms with Crippen LogP contribution in [0.15, 0.2) is 42.5 Å². The van der Waals surface area contributed by atoms with E-state index in [9.17, 15) is 22.8 Å². The lowest BCUT2D eigenvalue weighted by Crippen LogP contribution is -2.78. The molecule has 4 aliphatic rings. The Kier molecular flexibility index (Phi) is 6.41. The van der Waals surface area contributed by atoms with Gasteiger partial charge >= 0.3 is 12.1 Å². The first kappa shape index (κ1) is 27.6. The Morgan fingerprint density at radius 1 is 1.15 bits per heavy atom. The number of ether oxygens (including phenoxy) is 3. The van der Waals surface area contributed by atoms with Gasteiger partial charge in [0.05, 0.1) is 30.2 Å². The van der Waals surface area contributed by atoms with Gasteiger partial charge in [-0.25, -0.2) is 0 Å². The van der Waals surface area contributed by atoms with E-state index in [0.29, 0.717) is 42.7 Å². The maximum Gasteiger partial charge on any atom is 0.416 e. The van der Waals surface area contributed by atoms with Crippen LogP contribution in [-0.2, 0) is 32.3 Å². The average Bonchev–Trinajstić information content (AvgIpc) is 3.28. The maximum atomic E-state index is 13.5. The van der Waals surface area contributed by atoms with Crippen LogP contribution in [-0.4, -0.2) is 73.2 Å². The Bertz CT molecular complexity index is 1420. The Morgan fingerprint density at radius 3 is 2.54 bits per heavy atom. The minimum atomic E-state index is -4.42. The molecule has 2 aliphatic heterocycles. The van der Waals surface area contributed by atoms with Gasteiger partial charge in [0.25, 0.3) is 0 Å². The lowest BCUT2D eigenvalue weighted by atomic mass is 9.48. The van der Waals surface area contributed by atoms with E-state index in [4.69, 9.17) is 14.2 Å². The number of esters is 1. The van der Waals surface area contributed by atoms with Crippen LogP contribution in [0.25, 0.3) is 6.08 Å². The molecule has 1 saturated heterocycles. The lowest BCUT2D eigenvalue weighted by Gasteiger charge is -2.65. The number of likely N-dealkylation sites (N-methyl/N-ethyl adjacent to an activating group) is 2. The SMILES string of the molecule is COc1ccc2c3c1OC1C(N(C)C(=O)/C=C/c4ccc(C(F)(F)F)cc4)CC[C@@]4(OC(C)=O)[C@@H](C2)N(C)CC[C@]314. The highest BCUT2D eigenvalue weighted by molar-refractivity contribution is 5.92. The van der Waals surface area contributed by atoms with E-state index < -0.39 is 28.9 Å². The number of benzene rings is 2. The number of methoxy groups -OCH3 is 1. The molecule has 218 valence electrons. The maximum absolute atomic E-state index is 13.5. The molecule has 5 atom stereocenters. The van der Waals surface area contributed by atoms with Crippen molar-refractivity contribution in [2.24, 2.45) is 0 Å². The van der Waals surface area contributed by atoms with Crippen molar-refractivity contribution in [3.05, 3.63) is 64.7 Å². The summed E-state index contributed by atoms with van der Waals surface area (Å²) in [5.41, 5.74) is 0.421. The molecular formula is C31H33F3N2O5. The normalized spacial score (nSPS) is 30.0. The van der Waals surface area contributed by atoms with Gasteiger partial charge in [0.1, 0.15) is 11.7 Å². The van der Waals surface area contributed by atoms with Crippen LogP contribution in [0.3, 0.4) is 0 Å². The second-order valence-electron chi connectivity index (χ2n) is 11.6. The summed E-state index contributed by atoms with van der Waals surface area (Å²) in [6.07, 6.45) is 0.489. The van der Waals surface area contributed by atoms with Crippen LogP contribution < -0.4 is 9.47 Å². The van der Waals surface area contributed by atoms with E-state index >= 15 is 0 Å². The molecule has 2 aromatic carbocycles. The van der Waals surface area contributed by atoms with Gasteiger partial charge in [0, 0.05) is 25.6 Å². The molecule has 0 N–H and O–H groups in total. The fourth-order valence-electron chi connectivity index (χ4n) is 7.94. The Balaban J connectivity index is 1.37. The first-order chi connectivity index (χ1) is 19.4. The van der Waals surface area contributed by atoms with Crippen molar-refractivity contribution in [2.75, 3.05) is 27.7 Å². The van der Waals surface area contributed by atoms with Gasteiger partial charge in [-0.05, 0) is 74.7 Å². The molecule has 1 amide bonds. The number of hydrogen-bond donors (Lipinski definition) is 0. The minimum absolute atomic E-state index is 0.0420. The first-order valence-corrected chi connectivity index (χ1v) is 13.8. The minimum Gasteiger partial charge on any atom is -0.493 e. The summed E-state index contributed by atoms with van der Waals surface area (Å²) in [5, 5.41) is 0. The van der Waals surface area contributed by atoms with Gasteiger partial charge in [0.2, 0.25) is 5.91 Å². The number of likely N-dealkylation sites (tertiary alicyclic amines) is 1. The zero-order chi connectivity index (χ0) is 29.3. The number of alkyl halides is 3. The summed E-state index contributed by atoms with van der Waals surface area (Å²) < 4.78 is 57.7. The molecule has 6 rings (SSSR count). The monoisotopic (exact) mass is 570 g/mol. The summed E-state index contributed by atoms with van der Waals surface area (Å²) in [7, 11) is 5.39. The summed E-state index contributed by atoms with van der Waals surface area (Å²) >= 11 is 0. The number of hydrogen-bond acceptors (Lipinski definition) is 6. The van der Waals surface area contributed by atoms with E-state index in [1.165, 1.54) is 31.2 Å². The van der Waals surface area contributed by atoms with E-state index in [1.807, 2.05) is 6.07 Å². The van der Waals surface area contributed by atoms with Crippen molar-refractivity contribution in [1.82, 2.24) is 9.80 Å². The summed E-state index contributed by atoms with van der Waals surface area (Å²) in [4.78, 5) is 30.0. The fourth-order valence-corrected chi connectivity index (χ4v) is 7.94. The lowest BCUT2D eigenvalue weighted by molar-refractivity contribution is -0.220. The number of carbonyl (C=O) groups is 2. The van der Waals surface area contributed by atoms with E-state index in [2.05, 4.69) is 18.0 Å². The molecule has 1 spiro atoms. The molecule has 2 heterocycles. The van der Waals surface area contributed by atoms with Crippen molar-refractivity contribution in [2.45, 2.75) is 68.0 Å². The Hall–Kier alpha value is -3.53. The molecule has 2 fully saturated rings. The zero-order valence-corrected chi connectivity index (χ0v) is 23.5. The van der Waals surface area contributed by atoms with Gasteiger partial charge in [-0.15, -0.1) is 0 Å². The topological polar surface area (TPSA) is 68.3 Å². The third kappa shape index (κ3) is 3.97. The molecule has 7 nitrogen and oxygen atoms in total. The molecule has 0 aromatic heterocycles. The molecule has 41 heavy (non-hydrogen) atoms. The molecule has 2 aliphatic carbocycles. The third-order valence-electron chi connectivity index (χ3n) is 9.69. The van der Waals surface area contributed by atoms with E-state index in [0.717, 1.165) is 29.8 Å².